The molecular formula is C15H21N3O4. The van der Waals surface area contributed by atoms with Crippen molar-refractivity contribution >= 4 is 11.6 Å². The highest BCUT2D eigenvalue weighted by Crippen LogP contribution is 2.27. The summed E-state index contributed by atoms with van der Waals surface area (Å²) in [6, 6.07) is 4.18. The molecule has 0 radical (unpaired) electrons. The van der Waals surface area contributed by atoms with Crippen molar-refractivity contribution < 1.29 is 14.5 Å². The van der Waals surface area contributed by atoms with Crippen molar-refractivity contribution in [1.82, 2.24) is 4.90 Å². The van der Waals surface area contributed by atoms with Gasteiger partial charge in [0.15, 0.2) is 0 Å². The van der Waals surface area contributed by atoms with Crippen LogP contribution in [0.3, 0.4) is 0 Å². The minimum absolute atomic E-state index is 0.115. The Bertz CT molecular complexity index is 566. The van der Waals surface area contributed by atoms with Crippen molar-refractivity contribution in [1.29, 1.82) is 0 Å². The highest BCUT2D eigenvalue weighted by atomic mass is 16.6. The number of nitro benzene ring substituents is 1. The number of likely N-dealkylation sites (tertiary alicyclic amines) is 1. The zero-order valence-electron chi connectivity index (χ0n) is 12.8. The molecule has 0 spiro atoms. The van der Waals surface area contributed by atoms with Crippen molar-refractivity contribution in [2.24, 2.45) is 11.7 Å². The third kappa shape index (κ3) is 3.36. The van der Waals surface area contributed by atoms with Crippen LogP contribution in [-0.2, 0) is 0 Å². The number of nitrogens with two attached hydrogens (primary N) is 1. The van der Waals surface area contributed by atoms with E-state index in [0.717, 1.165) is 12.8 Å². The molecule has 1 aromatic carbocycles. The molecule has 120 valence electrons. The number of nitrogens with zero attached hydrogens (tertiary/aromatic N) is 2. The Morgan fingerprint density at radius 2 is 2.09 bits per heavy atom. The third-order valence-corrected chi connectivity index (χ3v) is 4.19. The van der Waals surface area contributed by atoms with Gasteiger partial charge in [0, 0.05) is 31.3 Å². The molecule has 1 aliphatic rings. The first-order valence-electron chi connectivity index (χ1n) is 7.31. The molecule has 1 atom stereocenters. The van der Waals surface area contributed by atoms with E-state index < -0.39 is 4.92 Å². The van der Waals surface area contributed by atoms with Crippen molar-refractivity contribution in [3.8, 4) is 5.75 Å². The third-order valence-electron chi connectivity index (χ3n) is 4.19. The zero-order chi connectivity index (χ0) is 16.3. The zero-order valence-corrected chi connectivity index (χ0v) is 12.8. The molecule has 7 heteroatoms. The van der Waals surface area contributed by atoms with E-state index in [0.29, 0.717) is 24.8 Å². The lowest BCUT2D eigenvalue weighted by molar-refractivity contribution is -0.384. The van der Waals surface area contributed by atoms with Crippen LogP contribution in [0.15, 0.2) is 18.2 Å². The fraction of sp³-hybridized carbons (Fsp3) is 0.533. The van der Waals surface area contributed by atoms with Crippen LogP contribution in [0.1, 0.15) is 30.1 Å². The summed E-state index contributed by atoms with van der Waals surface area (Å²) in [5, 5.41) is 10.9. The van der Waals surface area contributed by atoms with Crippen molar-refractivity contribution in [3.05, 3.63) is 33.9 Å². The number of hydrogen-bond donors (Lipinski definition) is 1. The number of ether oxygens (including phenoxy) is 1. The standard InChI is InChI=1S/C15H21N3O4/c1-10(16)11-5-7-17(8-6-11)15(19)13-9-12(18(20)21)3-4-14(13)22-2/h3-4,9-11H,5-8,16H2,1-2H3. The van der Waals surface area contributed by atoms with Crippen LogP contribution in [-0.4, -0.2) is 42.0 Å². The quantitative estimate of drug-likeness (QED) is 0.675. The first kappa shape index (κ1) is 16.2. The number of nitro groups is 1. The van der Waals surface area contributed by atoms with Crippen LogP contribution in [0.25, 0.3) is 0 Å². The first-order chi connectivity index (χ1) is 10.4. The average molecular weight is 307 g/mol. The first-order valence-corrected chi connectivity index (χ1v) is 7.31. The van der Waals surface area contributed by atoms with Gasteiger partial charge >= 0.3 is 0 Å². The van der Waals surface area contributed by atoms with Crippen LogP contribution in [0.4, 0.5) is 5.69 Å². The number of non-ortho nitro benzene ring substituents is 1. The Hall–Kier alpha value is -2.15. The van der Waals surface area contributed by atoms with Gasteiger partial charge in [-0.3, -0.25) is 14.9 Å². The van der Waals surface area contributed by atoms with Gasteiger partial charge in [-0.1, -0.05) is 0 Å². The highest BCUT2D eigenvalue weighted by Gasteiger charge is 2.28. The molecule has 22 heavy (non-hydrogen) atoms. The van der Waals surface area contributed by atoms with E-state index in [1.54, 1.807) is 4.90 Å². The van der Waals surface area contributed by atoms with Gasteiger partial charge in [0.1, 0.15) is 5.75 Å². The Balaban J connectivity index is 2.19. The fourth-order valence-corrected chi connectivity index (χ4v) is 2.78. The summed E-state index contributed by atoms with van der Waals surface area (Å²) in [6.45, 7) is 3.19. The van der Waals surface area contributed by atoms with Crippen LogP contribution >= 0.6 is 0 Å². The van der Waals surface area contributed by atoms with Gasteiger partial charge in [0.2, 0.25) is 0 Å². The predicted molar refractivity (Wildman–Crippen MR) is 81.9 cm³/mol. The molecule has 1 heterocycles. The number of piperidine rings is 1. The van der Waals surface area contributed by atoms with E-state index in [1.807, 2.05) is 6.92 Å². The molecule has 1 aliphatic heterocycles. The Kier molecular flexibility index (Phi) is 4.97. The summed E-state index contributed by atoms with van der Waals surface area (Å²) in [4.78, 5) is 24.7. The van der Waals surface area contributed by atoms with E-state index in [4.69, 9.17) is 10.5 Å². The van der Waals surface area contributed by atoms with Crippen LogP contribution < -0.4 is 10.5 Å². The van der Waals surface area contributed by atoms with Crippen LogP contribution in [0, 0.1) is 16.0 Å². The number of hydrogen-bond acceptors (Lipinski definition) is 5. The van der Waals surface area contributed by atoms with E-state index in [2.05, 4.69) is 0 Å². The van der Waals surface area contributed by atoms with E-state index in [1.165, 1.54) is 25.3 Å². The van der Waals surface area contributed by atoms with E-state index >= 15 is 0 Å². The lowest BCUT2D eigenvalue weighted by atomic mass is 9.90. The summed E-state index contributed by atoms with van der Waals surface area (Å²) in [7, 11) is 1.44. The second-order valence-electron chi connectivity index (χ2n) is 5.63. The van der Waals surface area contributed by atoms with E-state index in [-0.39, 0.29) is 23.2 Å². The molecule has 1 unspecified atom stereocenters. The van der Waals surface area contributed by atoms with Crippen molar-refractivity contribution in [2.45, 2.75) is 25.8 Å². The second-order valence-corrected chi connectivity index (χ2v) is 5.63. The van der Waals surface area contributed by atoms with Crippen LogP contribution in [0.5, 0.6) is 5.75 Å². The molecule has 0 aliphatic carbocycles. The van der Waals surface area contributed by atoms with Gasteiger partial charge in [0.05, 0.1) is 17.6 Å². The van der Waals surface area contributed by atoms with Gasteiger partial charge in [-0.05, 0) is 31.7 Å². The Morgan fingerprint density at radius 3 is 2.59 bits per heavy atom. The van der Waals surface area contributed by atoms with Crippen LogP contribution in [0.2, 0.25) is 0 Å². The maximum absolute atomic E-state index is 12.6. The fourth-order valence-electron chi connectivity index (χ4n) is 2.78. The molecule has 0 aromatic heterocycles. The number of carbonyl (C=O) groups is 1. The summed E-state index contributed by atoms with van der Waals surface area (Å²) in [5.74, 6) is 0.532. The smallest absolute Gasteiger partial charge is 0.270 e. The Morgan fingerprint density at radius 1 is 1.45 bits per heavy atom. The molecule has 2 N–H and O–H groups in total. The van der Waals surface area contributed by atoms with Crippen molar-refractivity contribution in [3.63, 3.8) is 0 Å². The van der Waals surface area contributed by atoms with Gasteiger partial charge in [-0.25, -0.2) is 0 Å². The van der Waals surface area contributed by atoms with E-state index in [9.17, 15) is 14.9 Å². The molecule has 7 nitrogen and oxygen atoms in total. The van der Waals surface area contributed by atoms with Gasteiger partial charge in [-0.15, -0.1) is 0 Å². The Labute approximate surface area is 129 Å². The molecule has 1 aromatic rings. The second kappa shape index (κ2) is 6.74. The molecule has 0 saturated carbocycles. The summed E-state index contributed by atoms with van der Waals surface area (Å²) >= 11 is 0. The number of benzene rings is 1. The molecule has 2 rings (SSSR count). The number of carbonyl (C=O) groups excluding carboxylic acids is 1. The largest absolute Gasteiger partial charge is 0.496 e. The highest BCUT2D eigenvalue weighted by molar-refractivity contribution is 5.97. The monoisotopic (exact) mass is 307 g/mol. The topological polar surface area (TPSA) is 98.7 Å². The number of methoxy groups -OCH3 is 1. The number of amides is 1. The van der Waals surface area contributed by atoms with Gasteiger partial charge < -0.3 is 15.4 Å². The minimum Gasteiger partial charge on any atom is -0.496 e. The molecule has 1 saturated heterocycles. The SMILES string of the molecule is COc1ccc([N+](=O)[O-])cc1C(=O)N1CCC(C(C)N)CC1. The average Bonchev–Trinajstić information content (AvgIpc) is 2.53. The molecule has 1 fully saturated rings. The lowest BCUT2D eigenvalue weighted by Gasteiger charge is -2.33. The molecule has 1 amide bonds. The minimum atomic E-state index is -0.515. The van der Waals surface area contributed by atoms with Gasteiger partial charge in [0.25, 0.3) is 11.6 Å². The van der Waals surface area contributed by atoms with Gasteiger partial charge in [-0.2, -0.15) is 0 Å². The van der Waals surface area contributed by atoms with Crippen molar-refractivity contribution in [2.75, 3.05) is 20.2 Å². The molecule has 0 bridgehead atoms. The summed E-state index contributed by atoms with van der Waals surface area (Å²) < 4.78 is 5.16. The normalized spacial score (nSPS) is 17.1. The lowest BCUT2D eigenvalue weighted by Crippen LogP contribution is -2.42. The number of rotatable bonds is 4. The predicted octanol–water partition coefficient (Wildman–Crippen LogP) is 1.80. The summed E-state index contributed by atoms with van der Waals surface area (Å²) in [5.41, 5.74) is 6.02. The maximum Gasteiger partial charge on any atom is 0.270 e. The summed E-state index contributed by atoms with van der Waals surface area (Å²) in [6.07, 6.45) is 1.70. The maximum atomic E-state index is 12.6. The molecular weight excluding hydrogens is 286 g/mol.